The first-order chi connectivity index (χ1) is 10.7. The molecule has 1 aliphatic rings. The van der Waals surface area contributed by atoms with E-state index < -0.39 is 0 Å². The number of aromatic nitrogens is 1. The van der Waals surface area contributed by atoms with Crippen molar-refractivity contribution in [1.82, 2.24) is 9.88 Å². The van der Waals surface area contributed by atoms with Crippen LogP contribution in [0.3, 0.4) is 0 Å². The van der Waals surface area contributed by atoms with Crippen LogP contribution in [-0.2, 0) is 0 Å². The van der Waals surface area contributed by atoms with Gasteiger partial charge in [-0.25, -0.2) is 0 Å². The zero-order chi connectivity index (χ0) is 15.7. The number of H-pyrrole nitrogens is 1. The number of nitriles is 1. The summed E-state index contributed by atoms with van der Waals surface area (Å²) < 4.78 is 0. The molecule has 1 N–H and O–H groups in total. The topological polar surface area (TPSA) is 42.8 Å². The Bertz CT molecular complexity index is 692. The third kappa shape index (κ3) is 2.53. The van der Waals surface area contributed by atoms with Gasteiger partial charge in [-0.15, -0.1) is 0 Å². The average molecular weight is 295 g/mol. The van der Waals surface area contributed by atoms with E-state index in [1.54, 1.807) is 0 Å². The van der Waals surface area contributed by atoms with Crippen molar-refractivity contribution in [3.63, 3.8) is 0 Å². The number of hydrogen-bond acceptors (Lipinski definition) is 2. The normalized spacial score (nSPS) is 23.0. The van der Waals surface area contributed by atoms with E-state index >= 15 is 0 Å². The van der Waals surface area contributed by atoms with Crippen LogP contribution in [-0.4, -0.2) is 30.0 Å². The molecule has 1 aromatic heterocycles. The summed E-state index contributed by atoms with van der Waals surface area (Å²) in [4.78, 5) is 5.79. The van der Waals surface area contributed by atoms with Crippen LogP contribution < -0.4 is 0 Å². The van der Waals surface area contributed by atoms with E-state index in [1.807, 2.05) is 18.2 Å². The van der Waals surface area contributed by atoms with Crippen molar-refractivity contribution in [2.45, 2.75) is 44.6 Å². The number of nitrogens with one attached hydrogen (secondary N) is 1. The number of rotatable bonds is 4. The van der Waals surface area contributed by atoms with E-state index in [4.69, 9.17) is 0 Å². The highest BCUT2D eigenvalue weighted by atomic mass is 15.1. The molecule has 2 aromatic rings. The van der Waals surface area contributed by atoms with Crippen molar-refractivity contribution in [3.8, 4) is 6.07 Å². The fraction of sp³-hybridized carbons (Fsp3) is 0.526. The molecule has 0 aliphatic heterocycles. The SMILES string of the molecule is CCC([C@@H]1CCC[C@H]1c1c[nH]c2ccc(C#N)cc12)N(C)C. The van der Waals surface area contributed by atoms with Gasteiger partial charge in [0.05, 0.1) is 11.6 Å². The smallest absolute Gasteiger partial charge is 0.0991 e. The molecule has 0 radical (unpaired) electrons. The average Bonchev–Trinajstić information content (AvgIpc) is 3.13. The summed E-state index contributed by atoms with van der Waals surface area (Å²) in [6.45, 7) is 2.29. The van der Waals surface area contributed by atoms with Gasteiger partial charge in [-0.1, -0.05) is 13.3 Å². The third-order valence-corrected chi connectivity index (χ3v) is 5.39. The van der Waals surface area contributed by atoms with Crippen LogP contribution in [0.15, 0.2) is 24.4 Å². The van der Waals surface area contributed by atoms with Gasteiger partial charge in [0, 0.05) is 23.1 Å². The molecule has 3 rings (SSSR count). The summed E-state index contributed by atoms with van der Waals surface area (Å²) in [5.41, 5.74) is 3.31. The molecular formula is C19H25N3. The molecule has 1 aromatic carbocycles. The fourth-order valence-corrected chi connectivity index (χ4v) is 4.40. The lowest BCUT2D eigenvalue weighted by atomic mass is 9.82. The van der Waals surface area contributed by atoms with E-state index in [-0.39, 0.29) is 0 Å². The van der Waals surface area contributed by atoms with E-state index in [2.05, 4.69) is 43.2 Å². The van der Waals surface area contributed by atoms with Gasteiger partial charge in [-0.3, -0.25) is 0 Å². The quantitative estimate of drug-likeness (QED) is 0.915. The van der Waals surface area contributed by atoms with E-state index in [9.17, 15) is 5.26 Å². The summed E-state index contributed by atoms with van der Waals surface area (Å²) in [6.07, 6.45) is 7.26. The maximum atomic E-state index is 9.17. The summed E-state index contributed by atoms with van der Waals surface area (Å²) in [7, 11) is 4.40. The van der Waals surface area contributed by atoms with Gasteiger partial charge < -0.3 is 9.88 Å². The van der Waals surface area contributed by atoms with Crippen LogP contribution in [0.2, 0.25) is 0 Å². The molecule has 1 saturated carbocycles. The van der Waals surface area contributed by atoms with Crippen LogP contribution in [0, 0.1) is 17.2 Å². The van der Waals surface area contributed by atoms with Gasteiger partial charge in [0.1, 0.15) is 0 Å². The van der Waals surface area contributed by atoms with Gasteiger partial charge >= 0.3 is 0 Å². The zero-order valence-corrected chi connectivity index (χ0v) is 13.8. The summed E-state index contributed by atoms with van der Waals surface area (Å²) >= 11 is 0. The molecule has 1 unspecified atom stereocenters. The molecule has 22 heavy (non-hydrogen) atoms. The van der Waals surface area contributed by atoms with Crippen molar-refractivity contribution in [2.24, 2.45) is 5.92 Å². The third-order valence-electron chi connectivity index (χ3n) is 5.39. The predicted octanol–water partition coefficient (Wildman–Crippen LogP) is 4.26. The number of fused-ring (bicyclic) bond motifs is 1. The molecule has 1 heterocycles. The Morgan fingerprint density at radius 3 is 2.86 bits per heavy atom. The summed E-state index contributed by atoms with van der Waals surface area (Å²) in [6, 6.07) is 8.88. The number of hydrogen-bond donors (Lipinski definition) is 1. The van der Waals surface area contributed by atoms with Crippen molar-refractivity contribution >= 4 is 10.9 Å². The highest BCUT2D eigenvalue weighted by molar-refractivity contribution is 5.85. The maximum absolute atomic E-state index is 9.17. The first-order valence-electron chi connectivity index (χ1n) is 8.33. The largest absolute Gasteiger partial charge is 0.361 e. The Balaban J connectivity index is 2.01. The van der Waals surface area contributed by atoms with Gasteiger partial charge in [0.25, 0.3) is 0 Å². The second kappa shape index (κ2) is 6.14. The molecule has 0 spiro atoms. The highest BCUT2D eigenvalue weighted by Crippen LogP contribution is 2.45. The summed E-state index contributed by atoms with van der Waals surface area (Å²) in [5.74, 6) is 1.32. The summed E-state index contributed by atoms with van der Waals surface area (Å²) in [5, 5.41) is 10.4. The Morgan fingerprint density at radius 2 is 2.18 bits per heavy atom. The number of benzene rings is 1. The second-order valence-electron chi connectivity index (χ2n) is 6.76. The van der Waals surface area contributed by atoms with Crippen molar-refractivity contribution in [2.75, 3.05) is 14.1 Å². The van der Waals surface area contributed by atoms with Crippen molar-refractivity contribution in [1.29, 1.82) is 5.26 Å². The predicted molar refractivity (Wildman–Crippen MR) is 90.9 cm³/mol. The monoisotopic (exact) mass is 295 g/mol. The molecule has 3 atom stereocenters. The standard InChI is InChI=1S/C19H25N3/c1-4-19(22(2)3)15-7-5-6-14(15)17-12-21-18-9-8-13(11-20)10-16(17)18/h8-10,12,14-15,19,21H,4-7H2,1-3H3/t14-,15-,19?/m1/s1. The molecular weight excluding hydrogens is 270 g/mol. The van der Waals surface area contributed by atoms with Gasteiger partial charge in [0.15, 0.2) is 0 Å². The number of aromatic amines is 1. The Kier molecular flexibility index (Phi) is 4.22. The highest BCUT2D eigenvalue weighted by Gasteiger charge is 2.35. The van der Waals surface area contributed by atoms with Crippen LogP contribution in [0.4, 0.5) is 0 Å². The Morgan fingerprint density at radius 1 is 1.36 bits per heavy atom. The maximum Gasteiger partial charge on any atom is 0.0991 e. The lowest BCUT2D eigenvalue weighted by molar-refractivity contribution is 0.192. The molecule has 1 fully saturated rings. The molecule has 116 valence electrons. The minimum atomic E-state index is 0.607. The fourth-order valence-electron chi connectivity index (χ4n) is 4.40. The van der Waals surface area contributed by atoms with Crippen LogP contribution in [0.25, 0.3) is 10.9 Å². The first kappa shape index (κ1) is 15.1. The first-order valence-corrected chi connectivity index (χ1v) is 8.33. The Labute approximate surface area is 132 Å². The number of nitrogens with zero attached hydrogens (tertiary/aromatic N) is 2. The van der Waals surface area contributed by atoms with Crippen LogP contribution >= 0.6 is 0 Å². The molecule has 0 amide bonds. The second-order valence-corrected chi connectivity index (χ2v) is 6.76. The van der Waals surface area contributed by atoms with Gasteiger partial charge in [-0.2, -0.15) is 5.26 Å². The Hall–Kier alpha value is -1.79. The van der Waals surface area contributed by atoms with E-state index in [1.165, 1.54) is 36.6 Å². The molecule has 0 bridgehead atoms. The van der Waals surface area contributed by atoms with E-state index in [0.717, 1.165) is 11.1 Å². The van der Waals surface area contributed by atoms with Gasteiger partial charge in [-0.05, 0) is 69.0 Å². The lowest BCUT2D eigenvalue weighted by Gasteiger charge is -2.33. The van der Waals surface area contributed by atoms with Crippen molar-refractivity contribution < 1.29 is 0 Å². The molecule has 3 nitrogen and oxygen atoms in total. The molecule has 0 saturated heterocycles. The molecule has 1 aliphatic carbocycles. The van der Waals surface area contributed by atoms with E-state index in [0.29, 0.717) is 17.9 Å². The van der Waals surface area contributed by atoms with Crippen LogP contribution in [0.5, 0.6) is 0 Å². The molecule has 3 heteroatoms. The van der Waals surface area contributed by atoms with Crippen molar-refractivity contribution in [3.05, 3.63) is 35.5 Å². The van der Waals surface area contributed by atoms with Gasteiger partial charge in [0.2, 0.25) is 0 Å². The lowest BCUT2D eigenvalue weighted by Crippen LogP contribution is -2.35. The zero-order valence-electron chi connectivity index (χ0n) is 13.8. The van der Waals surface area contributed by atoms with Crippen LogP contribution in [0.1, 0.15) is 49.7 Å². The minimum absolute atomic E-state index is 0.607. The minimum Gasteiger partial charge on any atom is -0.361 e.